The highest BCUT2D eigenvalue weighted by Crippen LogP contribution is 2.50. The molecule has 0 radical (unpaired) electrons. The van der Waals surface area contributed by atoms with E-state index < -0.39 is 11.8 Å². The van der Waals surface area contributed by atoms with E-state index >= 15 is 0 Å². The van der Waals surface area contributed by atoms with Gasteiger partial charge in [-0.1, -0.05) is 60.7 Å². The summed E-state index contributed by atoms with van der Waals surface area (Å²) in [4.78, 5) is 29.0. The molecular formula is C26H17NO5. The molecule has 4 aromatic rings. The molecule has 6 nitrogen and oxygen atoms in total. The second-order valence-corrected chi connectivity index (χ2v) is 7.27. The van der Waals surface area contributed by atoms with Gasteiger partial charge in [0.15, 0.2) is 17.3 Å². The smallest absolute Gasteiger partial charge is 0.339 e. The lowest BCUT2D eigenvalue weighted by Crippen LogP contribution is -2.36. The lowest BCUT2D eigenvalue weighted by atomic mass is 9.97. The molecule has 0 amide bonds. The molecule has 0 saturated carbocycles. The van der Waals surface area contributed by atoms with Crippen LogP contribution in [0.5, 0.6) is 11.5 Å². The van der Waals surface area contributed by atoms with E-state index in [1.54, 1.807) is 12.1 Å². The number of fused-ring (bicyclic) bond motifs is 1. The maximum Gasteiger partial charge on any atom is 0.339 e. The molecule has 5 rings (SSSR count). The van der Waals surface area contributed by atoms with Crippen LogP contribution in [0, 0.1) is 0 Å². The van der Waals surface area contributed by atoms with E-state index in [1.165, 1.54) is 24.5 Å². The Morgan fingerprint density at radius 2 is 1.34 bits per heavy atom. The lowest BCUT2D eigenvalue weighted by Gasteiger charge is -2.28. The number of carboxylic acid groups (broad SMARTS) is 1. The van der Waals surface area contributed by atoms with E-state index in [0.29, 0.717) is 16.7 Å². The fourth-order valence-corrected chi connectivity index (χ4v) is 3.78. The van der Waals surface area contributed by atoms with Gasteiger partial charge in [-0.2, -0.15) is 0 Å². The third-order valence-corrected chi connectivity index (χ3v) is 5.30. The lowest BCUT2D eigenvalue weighted by molar-refractivity contribution is -0.0462. The third kappa shape index (κ3) is 3.18. The van der Waals surface area contributed by atoms with Gasteiger partial charge < -0.3 is 14.6 Å². The SMILES string of the molecule is O=C(c1ccncc1)c1cc2c(c(C(=O)O)c1)OC(c1ccccc1)(c1ccccc1)O2. The Kier molecular flexibility index (Phi) is 4.67. The summed E-state index contributed by atoms with van der Waals surface area (Å²) in [6, 6.07) is 24.6. The molecule has 2 heterocycles. The van der Waals surface area contributed by atoms with Gasteiger partial charge in [-0.3, -0.25) is 9.78 Å². The van der Waals surface area contributed by atoms with Gasteiger partial charge in [0.1, 0.15) is 5.56 Å². The van der Waals surface area contributed by atoms with E-state index in [2.05, 4.69) is 4.98 Å². The molecule has 6 heteroatoms. The normalized spacial score (nSPS) is 13.5. The minimum atomic E-state index is -1.38. The molecule has 0 fully saturated rings. The van der Waals surface area contributed by atoms with Crippen LogP contribution in [0.2, 0.25) is 0 Å². The van der Waals surface area contributed by atoms with Crippen molar-refractivity contribution >= 4 is 11.8 Å². The summed E-state index contributed by atoms with van der Waals surface area (Å²) in [7, 11) is 0. The topological polar surface area (TPSA) is 85.7 Å². The number of aromatic carboxylic acids is 1. The monoisotopic (exact) mass is 423 g/mol. The molecule has 156 valence electrons. The molecule has 0 aliphatic carbocycles. The van der Waals surface area contributed by atoms with Crippen LogP contribution >= 0.6 is 0 Å². The Hall–Kier alpha value is -4.45. The zero-order valence-electron chi connectivity index (χ0n) is 16.8. The number of pyridine rings is 1. The molecule has 0 saturated heterocycles. The van der Waals surface area contributed by atoms with E-state index in [0.717, 1.165) is 0 Å². The van der Waals surface area contributed by atoms with E-state index in [4.69, 9.17) is 9.47 Å². The first-order valence-electron chi connectivity index (χ1n) is 9.93. The average Bonchev–Trinajstić information content (AvgIpc) is 3.25. The summed E-state index contributed by atoms with van der Waals surface area (Å²) in [5.74, 6) is -2.66. The van der Waals surface area contributed by atoms with Crippen molar-refractivity contribution in [1.82, 2.24) is 4.98 Å². The van der Waals surface area contributed by atoms with Gasteiger partial charge >= 0.3 is 11.8 Å². The Balaban J connectivity index is 1.67. The number of nitrogens with zero attached hydrogens (tertiary/aromatic N) is 1. The Morgan fingerprint density at radius 3 is 1.91 bits per heavy atom. The number of ether oxygens (including phenoxy) is 2. The van der Waals surface area contributed by atoms with Crippen LogP contribution in [0.3, 0.4) is 0 Å². The molecule has 1 aliphatic heterocycles. The first-order valence-corrected chi connectivity index (χ1v) is 9.93. The van der Waals surface area contributed by atoms with Gasteiger partial charge in [-0.05, 0) is 24.3 Å². The van der Waals surface area contributed by atoms with Crippen molar-refractivity contribution in [3.8, 4) is 11.5 Å². The first kappa shape index (κ1) is 19.5. The molecule has 1 aromatic heterocycles. The third-order valence-electron chi connectivity index (χ3n) is 5.30. The number of carbonyl (C=O) groups excluding carboxylic acids is 1. The van der Waals surface area contributed by atoms with Crippen molar-refractivity contribution in [2.75, 3.05) is 0 Å². The van der Waals surface area contributed by atoms with Crippen molar-refractivity contribution < 1.29 is 24.2 Å². The van der Waals surface area contributed by atoms with Gasteiger partial charge in [0.2, 0.25) is 0 Å². The number of carboxylic acids is 1. The van der Waals surface area contributed by atoms with Crippen molar-refractivity contribution in [2.45, 2.75) is 5.79 Å². The number of carbonyl (C=O) groups is 2. The summed E-state index contributed by atoms with van der Waals surface area (Å²) in [6.45, 7) is 0. The number of hydrogen-bond donors (Lipinski definition) is 1. The fourth-order valence-electron chi connectivity index (χ4n) is 3.78. The van der Waals surface area contributed by atoms with E-state index in [1.807, 2.05) is 60.7 Å². The molecule has 0 bridgehead atoms. The fraction of sp³-hybridized carbons (Fsp3) is 0.0385. The standard InChI is InChI=1S/C26H17NO5/c28-23(17-11-13-27-14-12-17)18-15-21(25(29)30)24-22(16-18)31-26(32-24,19-7-3-1-4-8-19)20-9-5-2-6-10-20/h1-16H,(H,29,30). The van der Waals surface area contributed by atoms with Gasteiger partial charge in [-0.25, -0.2) is 4.79 Å². The van der Waals surface area contributed by atoms with Gasteiger partial charge in [0.25, 0.3) is 0 Å². The van der Waals surface area contributed by atoms with Gasteiger partial charge in [-0.15, -0.1) is 0 Å². The molecule has 0 spiro atoms. The molecule has 0 atom stereocenters. The predicted molar refractivity (Wildman–Crippen MR) is 116 cm³/mol. The molecule has 3 aromatic carbocycles. The molecular weight excluding hydrogens is 406 g/mol. The number of benzene rings is 3. The van der Waals surface area contributed by atoms with Crippen molar-refractivity contribution in [1.29, 1.82) is 0 Å². The molecule has 0 unspecified atom stereocenters. The number of rotatable bonds is 5. The Bertz CT molecular complexity index is 1260. The van der Waals surface area contributed by atoms with Gasteiger partial charge in [0.05, 0.1) is 0 Å². The van der Waals surface area contributed by atoms with Crippen LogP contribution in [0.4, 0.5) is 0 Å². The first-order chi connectivity index (χ1) is 15.6. The highest BCUT2D eigenvalue weighted by atomic mass is 16.7. The van der Waals surface area contributed by atoms with Crippen molar-refractivity contribution in [3.05, 3.63) is 125 Å². The Morgan fingerprint density at radius 1 is 0.750 bits per heavy atom. The summed E-state index contributed by atoms with van der Waals surface area (Å²) in [5, 5.41) is 9.88. The minimum Gasteiger partial charge on any atom is -0.478 e. The summed E-state index contributed by atoms with van der Waals surface area (Å²) < 4.78 is 12.6. The van der Waals surface area contributed by atoms with Crippen LogP contribution in [-0.2, 0) is 5.79 Å². The quantitative estimate of drug-likeness (QED) is 0.469. The highest BCUT2D eigenvalue weighted by Gasteiger charge is 2.47. The largest absolute Gasteiger partial charge is 0.478 e. The number of hydrogen-bond acceptors (Lipinski definition) is 5. The number of aromatic nitrogens is 1. The van der Waals surface area contributed by atoms with Crippen LogP contribution in [0.1, 0.15) is 37.4 Å². The van der Waals surface area contributed by atoms with Crippen molar-refractivity contribution in [3.63, 3.8) is 0 Å². The maximum atomic E-state index is 13.0. The molecule has 1 aliphatic rings. The zero-order valence-corrected chi connectivity index (χ0v) is 16.8. The van der Waals surface area contributed by atoms with Crippen molar-refractivity contribution in [2.24, 2.45) is 0 Å². The van der Waals surface area contributed by atoms with Crippen LogP contribution in [-0.4, -0.2) is 21.8 Å². The summed E-state index contributed by atoms with van der Waals surface area (Å²) in [5.41, 5.74) is 1.83. The summed E-state index contributed by atoms with van der Waals surface area (Å²) in [6.07, 6.45) is 3.02. The van der Waals surface area contributed by atoms with Crippen LogP contribution in [0.15, 0.2) is 97.3 Å². The van der Waals surface area contributed by atoms with E-state index in [-0.39, 0.29) is 28.4 Å². The highest BCUT2D eigenvalue weighted by molar-refractivity contribution is 6.10. The second kappa shape index (κ2) is 7.67. The van der Waals surface area contributed by atoms with E-state index in [9.17, 15) is 14.7 Å². The molecule has 1 N–H and O–H groups in total. The number of ketones is 1. The second-order valence-electron chi connectivity index (χ2n) is 7.27. The maximum absolute atomic E-state index is 13.0. The van der Waals surface area contributed by atoms with Crippen LogP contribution < -0.4 is 9.47 Å². The zero-order chi connectivity index (χ0) is 22.1. The minimum absolute atomic E-state index is 0.0801. The predicted octanol–water partition coefficient (Wildman–Crippen LogP) is 4.68. The average molecular weight is 423 g/mol. The Labute approximate surface area is 183 Å². The van der Waals surface area contributed by atoms with Gasteiger partial charge in [0, 0.05) is 34.6 Å². The summed E-state index contributed by atoms with van der Waals surface area (Å²) >= 11 is 0. The van der Waals surface area contributed by atoms with Crippen LogP contribution in [0.25, 0.3) is 0 Å². The molecule has 32 heavy (non-hydrogen) atoms.